The summed E-state index contributed by atoms with van der Waals surface area (Å²) in [6.45, 7) is 0. The Labute approximate surface area is 60.3 Å². The summed E-state index contributed by atoms with van der Waals surface area (Å²) in [6.07, 6.45) is 5.26. The molecule has 0 unspecified atom stereocenters. The van der Waals surface area contributed by atoms with E-state index in [0.717, 1.165) is 12.8 Å². The van der Waals surface area contributed by atoms with Crippen LogP contribution in [-0.2, 0) is 4.79 Å². The highest BCUT2D eigenvalue weighted by Crippen LogP contribution is 2.33. The van der Waals surface area contributed by atoms with E-state index in [9.17, 15) is 4.79 Å². The lowest BCUT2D eigenvalue weighted by Crippen LogP contribution is -2.20. The molecule has 3 heteroatoms. The number of nitrogens with two attached hydrogens (primary N) is 1. The van der Waals surface area contributed by atoms with Gasteiger partial charge in [-0.2, -0.15) is 0 Å². The number of carbonyl (C=O) groups is 1. The normalized spacial score (nSPS) is 21.0. The second-order valence-electron chi connectivity index (χ2n) is 2.68. The molecule has 0 spiro atoms. The van der Waals surface area contributed by atoms with Crippen LogP contribution in [0.4, 0.5) is 0 Å². The van der Waals surface area contributed by atoms with Gasteiger partial charge in [-0.3, -0.25) is 4.79 Å². The van der Waals surface area contributed by atoms with Gasteiger partial charge in [0.2, 0.25) is 5.91 Å². The van der Waals surface area contributed by atoms with Gasteiger partial charge in [0.05, 0.1) is 0 Å². The van der Waals surface area contributed by atoms with Crippen LogP contribution < -0.4 is 11.1 Å². The summed E-state index contributed by atoms with van der Waals surface area (Å²) in [4.78, 5) is 10.6. The van der Waals surface area contributed by atoms with E-state index >= 15 is 0 Å². The lowest BCUT2D eigenvalue weighted by atomic mass is 10.2. The average molecular weight is 140 g/mol. The Morgan fingerprint density at radius 1 is 1.70 bits per heavy atom. The van der Waals surface area contributed by atoms with Gasteiger partial charge >= 0.3 is 0 Å². The molecule has 0 aromatic heterocycles. The van der Waals surface area contributed by atoms with E-state index in [1.54, 1.807) is 13.1 Å². The fourth-order valence-electron chi connectivity index (χ4n) is 0.636. The molecule has 10 heavy (non-hydrogen) atoms. The third-order valence-corrected chi connectivity index (χ3v) is 1.64. The van der Waals surface area contributed by atoms with Crippen LogP contribution in [0.25, 0.3) is 0 Å². The molecule has 1 aliphatic rings. The quantitative estimate of drug-likeness (QED) is 0.521. The van der Waals surface area contributed by atoms with Crippen molar-refractivity contribution in [2.75, 3.05) is 7.05 Å². The molecular formula is C7H12N2O. The van der Waals surface area contributed by atoms with Crippen LogP contribution in [0, 0.1) is 0 Å². The van der Waals surface area contributed by atoms with Gasteiger partial charge in [0.1, 0.15) is 0 Å². The van der Waals surface area contributed by atoms with Crippen molar-refractivity contribution < 1.29 is 4.79 Å². The van der Waals surface area contributed by atoms with Crippen molar-refractivity contribution >= 4 is 5.91 Å². The van der Waals surface area contributed by atoms with Gasteiger partial charge in [0, 0.05) is 18.7 Å². The highest BCUT2D eigenvalue weighted by atomic mass is 16.1. The minimum Gasteiger partial charge on any atom is -0.356 e. The van der Waals surface area contributed by atoms with Crippen molar-refractivity contribution in [3.63, 3.8) is 0 Å². The fourth-order valence-corrected chi connectivity index (χ4v) is 0.636. The molecule has 0 radical (unpaired) electrons. The maximum absolute atomic E-state index is 10.6. The Morgan fingerprint density at radius 2 is 2.30 bits per heavy atom. The first-order valence-corrected chi connectivity index (χ1v) is 3.36. The van der Waals surface area contributed by atoms with Crippen LogP contribution in [0.15, 0.2) is 12.2 Å². The predicted molar refractivity (Wildman–Crippen MR) is 39.4 cm³/mol. The van der Waals surface area contributed by atoms with Gasteiger partial charge < -0.3 is 11.1 Å². The Balaban J connectivity index is 2.36. The zero-order valence-corrected chi connectivity index (χ0v) is 6.05. The van der Waals surface area contributed by atoms with E-state index in [-0.39, 0.29) is 11.4 Å². The van der Waals surface area contributed by atoms with Crippen LogP contribution in [0.5, 0.6) is 0 Å². The molecule has 0 heterocycles. The van der Waals surface area contributed by atoms with Crippen LogP contribution in [0.1, 0.15) is 12.8 Å². The summed E-state index contributed by atoms with van der Waals surface area (Å²) < 4.78 is 0. The molecule has 0 aromatic rings. The molecule has 0 bridgehead atoms. The standard InChI is InChI=1S/C7H12N2O/c1-9-6(10)2-3-7(8)4-5-7/h2-3H,4-5,8H2,1H3,(H,9,10)/b3-2+. The lowest BCUT2D eigenvalue weighted by Gasteiger charge is -1.97. The van der Waals surface area contributed by atoms with Gasteiger partial charge in [-0.05, 0) is 12.8 Å². The van der Waals surface area contributed by atoms with Crippen molar-refractivity contribution in [2.24, 2.45) is 5.73 Å². The Bertz CT molecular complexity index is 170. The van der Waals surface area contributed by atoms with E-state index in [0.29, 0.717) is 0 Å². The number of hydrogen-bond donors (Lipinski definition) is 2. The minimum atomic E-state index is -0.160. The first kappa shape index (κ1) is 7.28. The van der Waals surface area contributed by atoms with E-state index in [1.165, 1.54) is 6.08 Å². The molecule has 1 aliphatic carbocycles. The highest BCUT2D eigenvalue weighted by molar-refractivity contribution is 5.87. The molecule has 0 atom stereocenters. The molecule has 1 amide bonds. The Kier molecular flexibility index (Phi) is 1.76. The van der Waals surface area contributed by atoms with Crippen molar-refractivity contribution in [1.82, 2.24) is 5.32 Å². The summed E-state index contributed by atoms with van der Waals surface area (Å²) in [5, 5.41) is 2.48. The second-order valence-corrected chi connectivity index (χ2v) is 2.68. The predicted octanol–water partition coefficient (Wildman–Crippen LogP) is -0.220. The zero-order chi connectivity index (χ0) is 7.61. The van der Waals surface area contributed by atoms with Crippen molar-refractivity contribution in [3.8, 4) is 0 Å². The lowest BCUT2D eigenvalue weighted by molar-refractivity contribution is -0.116. The van der Waals surface area contributed by atoms with Gasteiger partial charge in [0.15, 0.2) is 0 Å². The van der Waals surface area contributed by atoms with E-state index in [4.69, 9.17) is 5.73 Å². The van der Waals surface area contributed by atoms with E-state index in [1.807, 2.05) is 0 Å². The molecule has 3 nitrogen and oxygen atoms in total. The third-order valence-electron chi connectivity index (χ3n) is 1.64. The molecule has 3 N–H and O–H groups in total. The average Bonchev–Trinajstić information content (AvgIpc) is 2.64. The molecular weight excluding hydrogens is 128 g/mol. The zero-order valence-electron chi connectivity index (χ0n) is 6.05. The van der Waals surface area contributed by atoms with Gasteiger partial charge in [-0.1, -0.05) is 6.08 Å². The van der Waals surface area contributed by atoms with Crippen LogP contribution in [0.3, 0.4) is 0 Å². The number of amides is 1. The fraction of sp³-hybridized carbons (Fsp3) is 0.571. The van der Waals surface area contributed by atoms with Crippen molar-refractivity contribution in [2.45, 2.75) is 18.4 Å². The number of rotatable bonds is 2. The van der Waals surface area contributed by atoms with E-state index in [2.05, 4.69) is 5.32 Å². The summed E-state index contributed by atoms with van der Waals surface area (Å²) in [6, 6.07) is 0. The summed E-state index contributed by atoms with van der Waals surface area (Å²) in [5.41, 5.74) is 5.52. The van der Waals surface area contributed by atoms with Gasteiger partial charge in [0.25, 0.3) is 0 Å². The summed E-state index contributed by atoms with van der Waals surface area (Å²) in [7, 11) is 1.60. The third kappa shape index (κ3) is 1.84. The van der Waals surface area contributed by atoms with Crippen LogP contribution in [-0.4, -0.2) is 18.5 Å². The number of nitrogens with one attached hydrogen (secondary N) is 1. The van der Waals surface area contributed by atoms with Crippen LogP contribution in [0.2, 0.25) is 0 Å². The number of likely N-dealkylation sites (N-methyl/N-ethyl adjacent to an activating group) is 1. The summed E-state index contributed by atoms with van der Waals surface area (Å²) >= 11 is 0. The maximum atomic E-state index is 10.6. The number of hydrogen-bond acceptors (Lipinski definition) is 2. The van der Waals surface area contributed by atoms with Crippen LogP contribution >= 0.6 is 0 Å². The van der Waals surface area contributed by atoms with Gasteiger partial charge in [-0.25, -0.2) is 0 Å². The van der Waals surface area contributed by atoms with Crippen molar-refractivity contribution in [3.05, 3.63) is 12.2 Å². The van der Waals surface area contributed by atoms with Gasteiger partial charge in [-0.15, -0.1) is 0 Å². The molecule has 0 aromatic carbocycles. The smallest absolute Gasteiger partial charge is 0.243 e. The second kappa shape index (κ2) is 2.42. The highest BCUT2D eigenvalue weighted by Gasteiger charge is 2.35. The Morgan fingerprint density at radius 3 is 2.70 bits per heavy atom. The monoisotopic (exact) mass is 140 g/mol. The number of carbonyl (C=O) groups excluding carboxylic acids is 1. The minimum absolute atomic E-state index is 0.0864. The largest absolute Gasteiger partial charge is 0.356 e. The molecule has 1 rings (SSSR count). The van der Waals surface area contributed by atoms with E-state index < -0.39 is 0 Å². The molecule has 1 saturated carbocycles. The first-order chi connectivity index (χ1) is 4.66. The first-order valence-electron chi connectivity index (χ1n) is 3.36. The topological polar surface area (TPSA) is 55.1 Å². The molecule has 0 aliphatic heterocycles. The SMILES string of the molecule is CNC(=O)/C=C/C1(N)CC1. The summed E-state index contributed by atoms with van der Waals surface area (Å²) in [5.74, 6) is -0.0864. The molecule has 1 fully saturated rings. The maximum Gasteiger partial charge on any atom is 0.243 e. The van der Waals surface area contributed by atoms with Crippen molar-refractivity contribution in [1.29, 1.82) is 0 Å². The Hall–Kier alpha value is -0.830. The molecule has 0 saturated heterocycles. The molecule has 56 valence electrons.